The van der Waals surface area contributed by atoms with E-state index < -0.39 is 0 Å². The zero-order chi connectivity index (χ0) is 20.1. The Bertz CT molecular complexity index is 1010. The van der Waals surface area contributed by atoms with Gasteiger partial charge in [0.2, 0.25) is 11.9 Å². The van der Waals surface area contributed by atoms with Crippen LogP contribution in [0.3, 0.4) is 0 Å². The van der Waals surface area contributed by atoms with E-state index in [1.165, 1.54) is 7.05 Å². The van der Waals surface area contributed by atoms with Gasteiger partial charge in [0.05, 0.1) is 0 Å². The maximum atomic E-state index is 12.6. The smallest absolute Gasteiger partial charge is 0.281 e. The van der Waals surface area contributed by atoms with Crippen LogP contribution in [0.1, 0.15) is 15.9 Å². The number of aryl methyl sites for hydroxylation is 1. The minimum atomic E-state index is -0.371. The van der Waals surface area contributed by atoms with Crippen molar-refractivity contribution < 1.29 is 14.3 Å². The summed E-state index contributed by atoms with van der Waals surface area (Å²) in [6.07, 6.45) is 0. The van der Waals surface area contributed by atoms with Crippen LogP contribution in [0.15, 0.2) is 48.5 Å². The quantitative estimate of drug-likeness (QED) is 0.595. The van der Waals surface area contributed by atoms with Crippen molar-refractivity contribution in [2.45, 2.75) is 6.92 Å². The maximum Gasteiger partial charge on any atom is 0.281 e. The van der Waals surface area contributed by atoms with Crippen molar-refractivity contribution in [2.24, 2.45) is 0 Å². The van der Waals surface area contributed by atoms with E-state index >= 15 is 0 Å². The molecule has 0 aliphatic carbocycles. The van der Waals surface area contributed by atoms with Crippen molar-refractivity contribution in [3.63, 3.8) is 0 Å². The number of benzene rings is 2. The monoisotopic (exact) mass is 380 g/mol. The zero-order valence-corrected chi connectivity index (χ0v) is 15.5. The highest BCUT2D eigenvalue weighted by Gasteiger charge is 2.16. The molecule has 0 fully saturated rings. The first-order valence-corrected chi connectivity index (χ1v) is 8.50. The molecule has 9 nitrogen and oxygen atoms in total. The van der Waals surface area contributed by atoms with E-state index in [2.05, 4.69) is 20.7 Å². The standard InChI is InChI=1S/C19H20N6O3/c1-12-5-3-6-13(9-12)17(27)25-18(20)23-19(24-25)22-14-7-4-8-15(10-14)28-11-16(26)21-2/h3-10H,11H2,1-2H3,(H,21,26)(H3,20,22,23,24). The second-order valence-electron chi connectivity index (χ2n) is 5.99. The fourth-order valence-corrected chi connectivity index (χ4v) is 2.44. The summed E-state index contributed by atoms with van der Waals surface area (Å²) >= 11 is 0. The number of carbonyl (C=O) groups is 2. The van der Waals surface area contributed by atoms with E-state index in [1.807, 2.05) is 13.0 Å². The van der Waals surface area contributed by atoms with Gasteiger partial charge in [0.1, 0.15) is 5.75 Å². The van der Waals surface area contributed by atoms with Gasteiger partial charge in [-0.25, -0.2) is 0 Å². The van der Waals surface area contributed by atoms with Crippen molar-refractivity contribution >= 4 is 29.4 Å². The Labute approximate surface area is 161 Å². The fourth-order valence-electron chi connectivity index (χ4n) is 2.44. The molecule has 0 radical (unpaired) electrons. The summed E-state index contributed by atoms with van der Waals surface area (Å²) in [7, 11) is 1.54. The van der Waals surface area contributed by atoms with Crippen LogP contribution in [0.5, 0.6) is 5.75 Å². The SMILES string of the molecule is CNC(=O)COc1cccc(Nc2nc(N)n(C(=O)c3cccc(C)c3)n2)c1. The number of nitrogens with two attached hydrogens (primary N) is 1. The summed E-state index contributed by atoms with van der Waals surface area (Å²) in [6, 6.07) is 14.1. The van der Waals surface area contributed by atoms with Crippen LogP contribution in [0.4, 0.5) is 17.6 Å². The van der Waals surface area contributed by atoms with Crippen LogP contribution >= 0.6 is 0 Å². The van der Waals surface area contributed by atoms with E-state index in [0.717, 1.165) is 10.2 Å². The molecule has 0 atom stereocenters. The second-order valence-corrected chi connectivity index (χ2v) is 5.99. The predicted octanol–water partition coefficient (Wildman–Crippen LogP) is 1.73. The highest BCUT2D eigenvalue weighted by molar-refractivity contribution is 5.97. The molecule has 1 aromatic heterocycles. The van der Waals surface area contributed by atoms with Crippen LogP contribution < -0.4 is 21.1 Å². The van der Waals surface area contributed by atoms with Gasteiger partial charge in [0, 0.05) is 24.4 Å². The van der Waals surface area contributed by atoms with Gasteiger partial charge in [-0.3, -0.25) is 9.59 Å². The van der Waals surface area contributed by atoms with Crippen molar-refractivity contribution in [1.82, 2.24) is 20.1 Å². The molecule has 2 aromatic carbocycles. The number of hydrogen-bond donors (Lipinski definition) is 3. The fraction of sp³-hybridized carbons (Fsp3) is 0.158. The summed E-state index contributed by atoms with van der Waals surface area (Å²) in [5, 5.41) is 9.59. The molecule has 0 bridgehead atoms. The van der Waals surface area contributed by atoms with Gasteiger partial charge >= 0.3 is 0 Å². The Balaban J connectivity index is 1.75. The molecular formula is C19H20N6O3. The average molecular weight is 380 g/mol. The Morgan fingerprint density at radius 3 is 2.71 bits per heavy atom. The van der Waals surface area contributed by atoms with Gasteiger partial charge in [-0.05, 0) is 31.2 Å². The number of aromatic nitrogens is 3. The molecule has 28 heavy (non-hydrogen) atoms. The zero-order valence-electron chi connectivity index (χ0n) is 15.5. The van der Waals surface area contributed by atoms with E-state index in [-0.39, 0.29) is 30.3 Å². The molecule has 3 rings (SSSR count). The number of nitrogen functional groups attached to an aromatic ring is 1. The first-order chi connectivity index (χ1) is 13.5. The van der Waals surface area contributed by atoms with Gasteiger partial charge in [-0.15, -0.1) is 5.10 Å². The molecule has 3 aromatic rings. The molecule has 0 aliphatic rings. The highest BCUT2D eigenvalue weighted by Crippen LogP contribution is 2.21. The van der Waals surface area contributed by atoms with E-state index in [4.69, 9.17) is 10.5 Å². The Morgan fingerprint density at radius 1 is 1.18 bits per heavy atom. The topological polar surface area (TPSA) is 124 Å². The Hall–Kier alpha value is -3.88. The summed E-state index contributed by atoms with van der Waals surface area (Å²) in [4.78, 5) is 28.0. The molecule has 0 spiro atoms. The first-order valence-electron chi connectivity index (χ1n) is 8.50. The van der Waals surface area contributed by atoms with Gasteiger partial charge < -0.3 is 21.1 Å². The Kier molecular flexibility index (Phi) is 5.54. The minimum Gasteiger partial charge on any atom is -0.484 e. The number of nitrogens with zero attached hydrogens (tertiary/aromatic N) is 3. The lowest BCUT2D eigenvalue weighted by molar-refractivity contribution is -0.122. The van der Waals surface area contributed by atoms with Crippen molar-refractivity contribution in [3.05, 3.63) is 59.7 Å². The lowest BCUT2D eigenvalue weighted by atomic mass is 10.1. The van der Waals surface area contributed by atoms with Gasteiger partial charge in [-0.1, -0.05) is 23.8 Å². The highest BCUT2D eigenvalue weighted by atomic mass is 16.5. The first kappa shape index (κ1) is 18.9. The van der Waals surface area contributed by atoms with Crippen molar-refractivity contribution in [1.29, 1.82) is 0 Å². The van der Waals surface area contributed by atoms with Gasteiger partial charge in [-0.2, -0.15) is 9.67 Å². The van der Waals surface area contributed by atoms with Crippen LogP contribution in [-0.4, -0.2) is 40.2 Å². The molecule has 1 amide bonds. The summed E-state index contributed by atoms with van der Waals surface area (Å²) in [6.45, 7) is 1.80. The summed E-state index contributed by atoms with van der Waals surface area (Å²) in [5.74, 6) is 0.0328. The number of rotatable bonds is 6. The van der Waals surface area contributed by atoms with Crippen LogP contribution in [0.2, 0.25) is 0 Å². The van der Waals surface area contributed by atoms with Crippen molar-refractivity contribution in [2.75, 3.05) is 24.7 Å². The largest absolute Gasteiger partial charge is 0.484 e. The maximum absolute atomic E-state index is 12.6. The number of anilines is 3. The summed E-state index contributed by atoms with van der Waals surface area (Å²) in [5.41, 5.74) is 7.90. The molecule has 1 heterocycles. The number of likely N-dealkylation sites (N-methyl/N-ethyl adjacent to an activating group) is 1. The molecule has 9 heteroatoms. The van der Waals surface area contributed by atoms with Gasteiger partial charge in [0.25, 0.3) is 11.8 Å². The lowest BCUT2D eigenvalue weighted by Gasteiger charge is -2.07. The number of carbonyl (C=O) groups excluding carboxylic acids is 2. The third kappa shape index (κ3) is 4.44. The lowest BCUT2D eigenvalue weighted by Crippen LogP contribution is -2.24. The minimum absolute atomic E-state index is 0.0268. The van der Waals surface area contributed by atoms with Crippen LogP contribution in [0, 0.1) is 6.92 Å². The van der Waals surface area contributed by atoms with E-state index in [0.29, 0.717) is 17.0 Å². The molecule has 0 saturated carbocycles. The molecule has 0 aliphatic heterocycles. The van der Waals surface area contributed by atoms with Crippen molar-refractivity contribution in [3.8, 4) is 5.75 Å². The van der Waals surface area contributed by atoms with Crippen LogP contribution in [0.25, 0.3) is 0 Å². The molecule has 0 saturated heterocycles. The predicted molar refractivity (Wildman–Crippen MR) is 105 cm³/mol. The third-order valence-electron chi connectivity index (χ3n) is 3.83. The van der Waals surface area contributed by atoms with E-state index in [9.17, 15) is 9.59 Å². The number of hydrogen-bond acceptors (Lipinski definition) is 7. The number of ether oxygens (including phenoxy) is 1. The Morgan fingerprint density at radius 2 is 1.96 bits per heavy atom. The van der Waals surface area contributed by atoms with E-state index in [1.54, 1.807) is 42.5 Å². The third-order valence-corrected chi connectivity index (χ3v) is 3.83. The number of amides is 1. The molecule has 0 unspecified atom stereocenters. The summed E-state index contributed by atoms with van der Waals surface area (Å²) < 4.78 is 6.44. The molecule has 4 N–H and O–H groups in total. The number of nitrogens with one attached hydrogen (secondary N) is 2. The normalized spacial score (nSPS) is 10.4. The van der Waals surface area contributed by atoms with Gasteiger partial charge in [0.15, 0.2) is 6.61 Å². The molecular weight excluding hydrogens is 360 g/mol. The molecule has 144 valence electrons. The van der Waals surface area contributed by atoms with Crippen LogP contribution in [-0.2, 0) is 4.79 Å². The second kappa shape index (κ2) is 8.21. The average Bonchev–Trinajstić information content (AvgIpc) is 3.05.